The number of aromatic nitrogens is 2. The number of Topliss-reactive ketones (excluding diaryl/α,β-unsaturated/α-hetero) is 1. The van der Waals surface area contributed by atoms with Crippen molar-refractivity contribution in [1.82, 2.24) is 9.78 Å². The maximum absolute atomic E-state index is 12.1. The van der Waals surface area contributed by atoms with Crippen LogP contribution in [0.15, 0.2) is 42.6 Å². The van der Waals surface area contributed by atoms with E-state index in [0.717, 1.165) is 17.0 Å². The minimum absolute atomic E-state index is 0.121. The predicted octanol–water partition coefficient (Wildman–Crippen LogP) is 3.84. The van der Waals surface area contributed by atoms with Crippen LogP contribution in [0.2, 0.25) is 0 Å². The maximum Gasteiger partial charge on any atom is 0.191 e. The van der Waals surface area contributed by atoms with Crippen LogP contribution in [0.1, 0.15) is 29.9 Å². The average Bonchev–Trinajstić information content (AvgIpc) is 2.95. The van der Waals surface area contributed by atoms with Crippen LogP contribution in [-0.2, 0) is 0 Å². The normalized spacial score (nSPS) is 11.6. The number of hydrogen-bond acceptors (Lipinski definition) is 3. The lowest BCUT2D eigenvalue weighted by Gasteiger charge is -2.07. The zero-order chi connectivity index (χ0) is 14.4. The van der Waals surface area contributed by atoms with E-state index in [1.165, 1.54) is 0 Å². The van der Waals surface area contributed by atoms with Crippen molar-refractivity contribution in [2.75, 3.05) is 11.5 Å². The molecule has 0 fully saturated rings. The minimum atomic E-state index is 0.121. The number of thioether (sulfide) groups is 1. The molecule has 0 radical (unpaired) electrons. The molecule has 1 aromatic heterocycles. The molecule has 104 valence electrons. The molecule has 0 saturated heterocycles. The Morgan fingerprint density at radius 1 is 1.30 bits per heavy atom. The third-order valence-electron chi connectivity index (χ3n) is 2.87. The fraction of sp³-hybridized carbons (Fsp3) is 0.250. The first-order valence-corrected chi connectivity index (χ1v) is 7.76. The van der Waals surface area contributed by atoms with Gasteiger partial charge in [0.15, 0.2) is 5.78 Å². The highest BCUT2D eigenvalue weighted by atomic mass is 32.2. The summed E-state index contributed by atoms with van der Waals surface area (Å²) in [4.78, 5) is 12.1. The molecular formula is C16H18N2OS. The van der Waals surface area contributed by atoms with Gasteiger partial charge in [-0.05, 0) is 30.4 Å². The molecule has 2 aromatic rings. The molecule has 0 bridgehead atoms. The van der Waals surface area contributed by atoms with E-state index in [2.05, 4.69) is 12.0 Å². The molecule has 20 heavy (non-hydrogen) atoms. The van der Waals surface area contributed by atoms with Gasteiger partial charge in [0.1, 0.15) is 5.69 Å². The Morgan fingerprint density at radius 2 is 2.05 bits per heavy atom. The van der Waals surface area contributed by atoms with E-state index in [1.54, 1.807) is 28.7 Å². The summed E-state index contributed by atoms with van der Waals surface area (Å²) in [6, 6.07) is 11.8. The van der Waals surface area contributed by atoms with Gasteiger partial charge in [0, 0.05) is 5.70 Å². The van der Waals surface area contributed by atoms with Crippen LogP contribution < -0.4 is 0 Å². The third-order valence-corrected chi connectivity index (χ3v) is 3.75. The van der Waals surface area contributed by atoms with Crippen molar-refractivity contribution in [1.29, 1.82) is 0 Å². The van der Waals surface area contributed by atoms with E-state index in [-0.39, 0.29) is 5.78 Å². The number of carbonyl (C=O) groups excluding carboxylic acids is 1. The van der Waals surface area contributed by atoms with Crippen LogP contribution in [0, 0.1) is 0 Å². The summed E-state index contributed by atoms with van der Waals surface area (Å²) in [7, 11) is 0. The average molecular weight is 286 g/mol. The van der Waals surface area contributed by atoms with Gasteiger partial charge in [-0.15, -0.1) is 0 Å². The van der Waals surface area contributed by atoms with Gasteiger partial charge >= 0.3 is 0 Å². The van der Waals surface area contributed by atoms with Crippen LogP contribution in [0.25, 0.3) is 11.8 Å². The topological polar surface area (TPSA) is 34.9 Å². The Kier molecular flexibility index (Phi) is 5.18. The lowest BCUT2D eigenvalue weighted by Crippen LogP contribution is -2.11. The molecule has 4 heteroatoms. The fourth-order valence-corrected chi connectivity index (χ4v) is 2.45. The summed E-state index contributed by atoms with van der Waals surface area (Å²) < 4.78 is 1.71. The Morgan fingerprint density at radius 3 is 2.75 bits per heavy atom. The summed E-state index contributed by atoms with van der Waals surface area (Å²) in [5.41, 5.74) is 2.68. The molecule has 0 aliphatic rings. The van der Waals surface area contributed by atoms with Crippen molar-refractivity contribution in [3.05, 3.63) is 53.9 Å². The molecule has 0 spiro atoms. The molecule has 1 aromatic carbocycles. The summed E-state index contributed by atoms with van der Waals surface area (Å²) in [5.74, 6) is 1.56. The first kappa shape index (κ1) is 14.6. The number of ketones is 1. The van der Waals surface area contributed by atoms with Crippen molar-refractivity contribution in [3.63, 3.8) is 0 Å². The maximum atomic E-state index is 12.1. The molecular weight excluding hydrogens is 268 g/mol. The molecule has 0 saturated carbocycles. The van der Waals surface area contributed by atoms with E-state index in [1.807, 2.05) is 43.3 Å². The Hall–Kier alpha value is -1.81. The summed E-state index contributed by atoms with van der Waals surface area (Å²) in [6.07, 6.45) is 3.70. The molecule has 0 atom stereocenters. The second-order valence-corrected chi connectivity index (χ2v) is 5.66. The van der Waals surface area contributed by atoms with Gasteiger partial charge < -0.3 is 0 Å². The minimum Gasteiger partial charge on any atom is -0.292 e. The van der Waals surface area contributed by atoms with Crippen molar-refractivity contribution < 1.29 is 4.79 Å². The van der Waals surface area contributed by atoms with Gasteiger partial charge in [0.05, 0.1) is 11.9 Å². The first-order chi connectivity index (χ1) is 9.72. The summed E-state index contributed by atoms with van der Waals surface area (Å²) in [5, 5.41) is 4.26. The second-order valence-electron chi connectivity index (χ2n) is 4.38. The second kappa shape index (κ2) is 7.10. The van der Waals surface area contributed by atoms with Crippen molar-refractivity contribution in [2.45, 2.75) is 13.8 Å². The van der Waals surface area contributed by atoms with Gasteiger partial charge in [0.2, 0.25) is 0 Å². The molecule has 2 rings (SSSR count). The largest absolute Gasteiger partial charge is 0.292 e. The third kappa shape index (κ3) is 3.61. The number of hydrogen-bond donors (Lipinski definition) is 0. The zero-order valence-corrected chi connectivity index (χ0v) is 12.6. The standard InChI is InChI=1S/C16H18N2OS/c1-3-20-12-16(19)15-9-10-17-18(15)13(2)11-14-7-5-4-6-8-14/h4-11H,3,12H2,1-2H3. The first-order valence-electron chi connectivity index (χ1n) is 6.61. The van der Waals surface area contributed by atoms with E-state index in [4.69, 9.17) is 0 Å². The Labute approximate surface area is 123 Å². The van der Waals surface area contributed by atoms with Gasteiger partial charge in [-0.25, -0.2) is 4.68 Å². The van der Waals surface area contributed by atoms with Gasteiger partial charge in [-0.2, -0.15) is 16.9 Å². The Bertz CT molecular complexity index is 602. The highest BCUT2D eigenvalue weighted by Gasteiger charge is 2.12. The molecule has 0 aliphatic carbocycles. The molecule has 3 nitrogen and oxygen atoms in total. The van der Waals surface area contributed by atoms with Crippen LogP contribution in [0.4, 0.5) is 0 Å². The smallest absolute Gasteiger partial charge is 0.191 e. The van der Waals surface area contributed by atoms with Crippen LogP contribution in [0.5, 0.6) is 0 Å². The van der Waals surface area contributed by atoms with Crippen molar-refractivity contribution in [2.24, 2.45) is 0 Å². The van der Waals surface area contributed by atoms with Gasteiger partial charge in [0.25, 0.3) is 0 Å². The number of benzene rings is 1. The van der Waals surface area contributed by atoms with E-state index < -0.39 is 0 Å². The molecule has 0 unspecified atom stereocenters. The number of allylic oxidation sites excluding steroid dienone is 1. The van der Waals surface area contributed by atoms with Crippen LogP contribution in [0.3, 0.4) is 0 Å². The van der Waals surface area contributed by atoms with Crippen LogP contribution in [-0.4, -0.2) is 27.1 Å². The lowest BCUT2D eigenvalue weighted by molar-refractivity contribution is 0.101. The van der Waals surface area contributed by atoms with Crippen LogP contribution >= 0.6 is 11.8 Å². The van der Waals surface area contributed by atoms with E-state index >= 15 is 0 Å². The lowest BCUT2D eigenvalue weighted by atomic mass is 10.2. The zero-order valence-electron chi connectivity index (χ0n) is 11.7. The van der Waals surface area contributed by atoms with E-state index in [9.17, 15) is 4.79 Å². The number of rotatable bonds is 6. The van der Waals surface area contributed by atoms with Crippen molar-refractivity contribution >= 4 is 29.3 Å². The monoisotopic (exact) mass is 286 g/mol. The summed E-state index contributed by atoms with van der Waals surface area (Å²) >= 11 is 1.63. The highest BCUT2D eigenvalue weighted by molar-refractivity contribution is 7.99. The van der Waals surface area contributed by atoms with Gasteiger partial charge in [-0.3, -0.25) is 4.79 Å². The molecule has 0 amide bonds. The van der Waals surface area contributed by atoms with Crippen molar-refractivity contribution in [3.8, 4) is 0 Å². The Balaban J connectivity index is 2.23. The number of nitrogens with zero attached hydrogens (tertiary/aromatic N) is 2. The SMILES string of the molecule is CCSCC(=O)c1ccnn1C(C)=Cc1ccccc1. The number of carbonyl (C=O) groups is 1. The summed E-state index contributed by atoms with van der Waals surface area (Å²) in [6.45, 7) is 4.01. The quantitative estimate of drug-likeness (QED) is 0.757. The molecule has 0 N–H and O–H groups in total. The predicted molar refractivity (Wildman–Crippen MR) is 85.8 cm³/mol. The molecule has 1 heterocycles. The highest BCUT2D eigenvalue weighted by Crippen LogP contribution is 2.14. The van der Waals surface area contributed by atoms with Gasteiger partial charge in [-0.1, -0.05) is 37.3 Å². The van der Waals surface area contributed by atoms with E-state index in [0.29, 0.717) is 11.4 Å². The fourth-order valence-electron chi connectivity index (χ4n) is 1.92. The molecule has 0 aliphatic heterocycles.